The topological polar surface area (TPSA) is 33.0 Å². The third-order valence-electron chi connectivity index (χ3n) is 1.87. The SMILES string of the molecule is CC(C)Cc1ccc(OCC#N)cc1. The molecule has 0 unspecified atom stereocenters. The van der Waals surface area contributed by atoms with Crippen LogP contribution in [0, 0.1) is 17.2 Å². The second kappa shape index (κ2) is 5.29. The summed E-state index contributed by atoms with van der Waals surface area (Å²) < 4.78 is 5.15. The molecule has 1 aromatic carbocycles. The number of ether oxygens (including phenoxy) is 1. The van der Waals surface area contributed by atoms with Crippen molar-refractivity contribution in [1.29, 1.82) is 5.26 Å². The molecule has 0 bridgehead atoms. The van der Waals surface area contributed by atoms with Crippen LogP contribution < -0.4 is 4.74 Å². The molecule has 1 aromatic rings. The Labute approximate surface area is 85.1 Å². The van der Waals surface area contributed by atoms with Crippen molar-refractivity contribution in [3.63, 3.8) is 0 Å². The molecule has 2 nitrogen and oxygen atoms in total. The summed E-state index contributed by atoms with van der Waals surface area (Å²) in [4.78, 5) is 0. The lowest BCUT2D eigenvalue weighted by molar-refractivity contribution is 0.368. The summed E-state index contributed by atoms with van der Waals surface area (Å²) in [5.74, 6) is 1.43. The maximum Gasteiger partial charge on any atom is 0.174 e. The van der Waals surface area contributed by atoms with E-state index in [1.807, 2.05) is 30.3 Å². The first-order valence-electron chi connectivity index (χ1n) is 4.81. The Morgan fingerprint density at radius 3 is 2.43 bits per heavy atom. The Bertz CT molecular complexity index is 308. The molecule has 0 spiro atoms. The zero-order valence-corrected chi connectivity index (χ0v) is 8.66. The average Bonchev–Trinajstić information content (AvgIpc) is 2.16. The molecule has 0 amide bonds. The van der Waals surface area contributed by atoms with Crippen LogP contribution in [0.1, 0.15) is 19.4 Å². The van der Waals surface area contributed by atoms with Gasteiger partial charge in [-0.25, -0.2) is 0 Å². The summed E-state index contributed by atoms with van der Waals surface area (Å²) >= 11 is 0. The van der Waals surface area contributed by atoms with E-state index in [4.69, 9.17) is 10.00 Å². The van der Waals surface area contributed by atoms with Gasteiger partial charge in [0, 0.05) is 0 Å². The van der Waals surface area contributed by atoms with E-state index in [2.05, 4.69) is 13.8 Å². The Balaban J connectivity index is 2.56. The number of rotatable bonds is 4. The van der Waals surface area contributed by atoms with Crippen molar-refractivity contribution < 1.29 is 4.74 Å². The molecule has 1 rings (SSSR count). The van der Waals surface area contributed by atoms with E-state index >= 15 is 0 Å². The van der Waals surface area contributed by atoms with Crippen molar-refractivity contribution in [3.05, 3.63) is 29.8 Å². The van der Waals surface area contributed by atoms with E-state index in [1.54, 1.807) is 0 Å². The van der Waals surface area contributed by atoms with Gasteiger partial charge in [-0.15, -0.1) is 0 Å². The average molecular weight is 189 g/mol. The molecular weight excluding hydrogens is 174 g/mol. The molecule has 2 heteroatoms. The van der Waals surface area contributed by atoms with Crippen LogP contribution in [-0.4, -0.2) is 6.61 Å². The highest BCUT2D eigenvalue weighted by Gasteiger charge is 1.98. The van der Waals surface area contributed by atoms with Crippen molar-refractivity contribution in [2.24, 2.45) is 5.92 Å². The van der Waals surface area contributed by atoms with Crippen LogP contribution in [0.2, 0.25) is 0 Å². The third-order valence-corrected chi connectivity index (χ3v) is 1.87. The summed E-state index contributed by atoms with van der Waals surface area (Å²) in [7, 11) is 0. The van der Waals surface area contributed by atoms with Gasteiger partial charge in [-0.1, -0.05) is 26.0 Å². The number of hydrogen-bond acceptors (Lipinski definition) is 2. The van der Waals surface area contributed by atoms with E-state index in [9.17, 15) is 0 Å². The lowest BCUT2D eigenvalue weighted by Crippen LogP contribution is -1.96. The number of nitrogens with zero attached hydrogens (tertiary/aromatic N) is 1. The highest BCUT2D eigenvalue weighted by Crippen LogP contribution is 2.14. The van der Waals surface area contributed by atoms with Gasteiger partial charge in [-0.05, 0) is 30.0 Å². The summed E-state index contributed by atoms with van der Waals surface area (Å²) in [6.45, 7) is 4.50. The fourth-order valence-corrected chi connectivity index (χ4v) is 1.31. The fraction of sp³-hybridized carbons (Fsp3) is 0.417. The van der Waals surface area contributed by atoms with Crippen molar-refractivity contribution in [3.8, 4) is 11.8 Å². The molecule has 0 N–H and O–H groups in total. The molecule has 14 heavy (non-hydrogen) atoms. The second-order valence-corrected chi connectivity index (χ2v) is 3.69. The lowest BCUT2D eigenvalue weighted by Gasteiger charge is -2.06. The Morgan fingerprint density at radius 2 is 1.93 bits per heavy atom. The summed E-state index contributed by atoms with van der Waals surface area (Å²) in [6, 6.07) is 9.86. The third kappa shape index (κ3) is 3.49. The summed E-state index contributed by atoms with van der Waals surface area (Å²) in [5.41, 5.74) is 1.31. The lowest BCUT2D eigenvalue weighted by atomic mass is 10.0. The molecule has 74 valence electrons. The van der Waals surface area contributed by atoms with Crippen LogP contribution in [-0.2, 0) is 6.42 Å². The van der Waals surface area contributed by atoms with Gasteiger partial charge in [-0.3, -0.25) is 0 Å². The predicted octanol–water partition coefficient (Wildman–Crippen LogP) is 2.79. The van der Waals surface area contributed by atoms with E-state index < -0.39 is 0 Å². The van der Waals surface area contributed by atoms with Crippen LogP contribution >= 0.6 is 0 Å². The van der Waals surface area contributed by atoms with Crippen LogP contribution in [0.15, 0.2) is 24.3 Å². The van der Waals surface area contributed by atoms with Gasteiger partial charge in [0.25, 0.3) is 0 Å². The minimum absolute atomic E-state index is 0.115. The van der Waals surface area contributed by atoms with Gasteiger partial charge in [0.1, 0.15) is 11.8 Å². The predicted molar refractivity (Wildman–Crippen MR) is 56.1 cm³/mol. The fourth-order valence-electron chi connectivity index (χ4n) is 1.31. The van der Waals surface area contributed by atoms with Crippen LogP contribution in [0.4, 0.5) is 0 Å². The standard InChI is InChI=1S/C12H15NO/c1-10(2)9-11-3-5-12(6-4-11)14-8-7-13/h3-6,10H,8-9H2,1-2H3. The van der Waals surface area contributed by atoms with Gasteiger partial charge in [0.2, 0.25) is 0 Å². The number of hydrogen-bond donors (Lipinski definition) is 0. The van der Waals surface area contributed by atoms with Crippen LogP contribution in [0.25, 0.3) is 0 Å². The minimum Gasteiger partial charge on any atom is -0.479 e. The highest BCUT2D eigenvalue weighted by atomic mass is 16.5. The molecule has 0 aliphatic rings. The van der Waals surface area contributed by atoms with Crippen molar-refractivity contribution in [1.82, 2.24) is 0 Å². The van der Waals surface area contributed by atoms with Gasteiger partial charge in [-0.2, -0.15) is 5.26 Å². The second-order valence-electron chi connectivity index (χ2n) is 3.69. The Morgan fingerprint density at radius 1 is 1.29 bits per heavy atom. The molecule has 0 aliphatic carbocycles. The van der Waals surface area contributed by atoms with Gasteiger partial charge < -0.3 is 4.74 Å². The number of benzene rings is 1. The number of nitriles is 1. The first-order chi connectivity index (χ1) is 6.72. The van der Waals surface area contributed by atoms with Gasteiger partial charge >= 0.3 is 0 Å². The molecule has 0 radical (unpaired) electrons. The minimum atomic E-state index is 0.115. The van der Waals surface area contributed by atoms with E-state index in [-0.39, 0.29) is 6.61 Å². The normalized spacial score (nSPS) is 9.86. The molecule has 0 aliphatic heterocycles. The summed E-state index contributed by atoms with van der Waals surface area (Å²) in [6.07, 6.45) is 1.08. The Kier molecular flexibility index (Phi) is 4.00. The molecule has 0 atom stereocenters. The molecule has 0 saturated carbocycles. The zero-order valence-electron chi connectivity index (χ0n) is 8.66. The smallest absolute Gasteiger partial charge is 0.174 e. The zero-order chi connectivity index (χ0) is 10.4. The van der Waals surface area contributed by atoms with Crippen LogP contribution in [0.3, 0.4) is 0 Å². The molecule has 0 heterocycles. The van der Waals surface area contributed by atoms with E-state index in [0.717, 1.165) is 12.2 Å². The maximum atomic E-state index is 8.33. The largest absolute Gasteiger partial charge is 0.479 e. The first kappa shape index (κ1) is 10.6. The Hall–Kier alpha value is -1.49. The van der Waals surface area contributed by atoms with Gasteiger partial charge in [0.15, 0.2) is 6.61 Å². The monoisotopic (exact) mass is 189 g/mol. The molecule has 0 fully saturated rings. The van der Waals surface area contributed by atoms with E-state index in [0.29, 0.717) is 5.92 Å². The molecular formula is C12H15NO. The van der Waals surface area contributed by atoms with Crippen molar-refractivity contribution in [2.75, 3.05) is 6.61 Å². The van der Waals surface area contributed by atoms with Crippen molar-refractivity contribution >= 4 is 0 Å². The van der Waals surface area contributed by atoms with Gasteiger partial charge in [0.05, 0.1) is 0 Å². The van der Waals surface area contributed by atoms with Crippen molar-refractivity contribution in [2.45, 2.75) is 20.3 Å². The molecule has 0 saturated heterocycles. The quantitative estimate of drug-likeness (QED) is 0.729. The summed E-state index contributed by atoms with van der Waals surface area (Å²) in [5, 5.41) is 8.33. The highest BCUT2D eigenvalue weighted by molar-refractivity contribution is 5.27. The van der Waals surface area contributed by atoms with Crippen LogP contribution in [0.5, 0.6) is 5.75 Å². The first-order valence-corrected chi connectivity index (χ1v) is 4.81. The maximum absolute atomic E-state index is 8.33. The molecule has 0 aromatic heterocycles. The van der Waals surface area contributed by atoms with E-state index in [1.165, 1.54) is 5.56 Å².